The van der Waals surface area contributed by atoms with Gasteiger partial charge in [0.2, 0.25) is 0 Å². The maximum Gasteiger partial charge on any atom is 0.317 e. The van der Waals surface area contributed by atoms with E-state index in [0.29, 0.717) is 47.5 Å². The average Bonchev–Trinajstić information content (AvgIpc) is 3.41. The van der Waals surface area contributed by atoms with Crippen LogP contribution in [0.5, 0.6) is 0 Å². The molecule has 1 saturated heterocycles. The van der Waals surface area contributed by atoms with E-state index < -0.39 is 28.4 Å². The summed E-state index contributed by atoms with van der Waals surface area (Å²) in [6.45, 7) is 23.1. The molecule has 0 spiro atoms. The van der Waals surface area contributed by atoms with Crippen LogP contribution >= 0.6 is 10.6 Å². The predicted molar refractivity (Wildman–Crippen MR) is 202 cm³/mol. The summed E-state index contributed by atoms with van der Waals surface area (Å²) in [5.74, 6) is 0.243. The van der Waals surface area contributed by atoms with Crippen molar-refractivity contribution in [1.82, 2.24) is 10.2 Å². The molecule has 5 fully saturated rings. The van der Waals surface area contributed by atoms with Gasteiger partial charge in [0.1, 0.15) is 0 Å². The van der Waals surface area contributed by atoms with Gasteiger partial charge in [-0.15, -0.1) is 0 Å². The van der Waals surface area contributed by atoms with Gasteiger partial charge in [0, 0.05) is 31.7 Å². The summed E-state index contributed by atoms with van der Waals surface area (Å²) in [5.41, 5.74) is 3.63. The fraction of sp³-hybridized carbons (Fsp3) is 0.854. The van der Waals surface area contributed by atoms with Gasteiger partial charge < -0.3 is 15.5 Å². The molecular weight excluding hydrogens is 649 g/mol. The Kier molecular flexibility index (Phi) is 10.3. The second-order valence-electron chi connectivity index (χ2n) is 19.1. The van der Waals surface area contributed by atoms with E-state index >= 15 is 0 Å². The van der Waals surface area contributed by atoms with Crippen LogP contribution in [0.3, 0.4) is 0 Å². The van der Waals surface area contributed by atoms with Crippen LogP contribution in [-0.4, -0.2) is 79.4 Å². The molecule has 6 rings (SSSR count). The van der Waals surface area contributed by atoms with Crippen molar-refractivity contribution in [3.8, 4) is 0 Å². The molecule has 5 aliphatic carbocycles. The number of rotatable bonds is 11. The molecule has 50 heavy (non-hydrogen) atoms. The summed E-state index contributed by atoms with van der Waals surface area (Å²) in [6.07, 6.45) is 15.1. The van der Waals surface area contributed by atoms with E-state index in [4.69, 9.17) is 0 Å². The Hall–Kier alpha value is -1.39. The summed E-state index contributed by atoms with van der Waals surface area (Å²) in [4.78, 5) is 25.4. The number of hydrogen-bond donors (Lipinski definition) is 5. The lowest BCUT2D eigenvalue weighted by atomic mass is 9.33. The van der Waals surface area contributed by atoms with Crippen molar-refractivity contribution in [2.24, 2.45) is 57.2 Å². The van der Waals surface area contributed by atoms with Crippen molar-refractivity contribution in [3.05, 3.63) is 23.8 Å². The molecular formula is C41H68N2O6S. The first-order valence-electron chi connectivity index (χ1n) is 19.8. The Morgan fingerprint density at radius 2 is 1.62 bits per heavy atom. The molecule has 0 bridgehead atoms. The smallest absolute Gasteiger partial charge is 0.317 e. The lowest BCUT2D eigenvalue weighted by Gasteiger charge is -2.72. The van der Waals surface area contributed by atoms with Gasteiger partial charge in [-0.05, 0) is 135 Å². The van der Waals surface area contributed by atoms with Crippen LogP contribution in [0.15, 0.2) is 23.8 Å². The van der Waals surface area contributed by atoms with Crippen LogP contribution in [0, 0.1) is 57.2 Å². The number of hydrogen-bond acceptors (Lipinski definition) is 6. The second kappa shape index (κ2) is 13.5. The molecule has 1 aliphatic heterocycles. The van der Waals surface area contributed by atoms with Crippen LogP contribution < -0.4 is 5.32 Å². The van der Waals surface area contributed by atoms with Gasteiger partial charge in [0.25, 0.3) is 0 Å². The average molecular weight is 717 g/mol. The highest BCUT2D eigenvalue weighted by Crippen LogP contribution is 2.76. The van der Waals surface area contributed by atoms with Crippen LogP contribution in [0.1, 0.15) is 119 Å². The number of carbonyl (C=O) groups is 2. The highest BCUT2D eigenvalue weighted by Gasteiger charge is 2.70. The number of nitrogens with one attached hydrogen (secondary N) is 1. The van der Waals surface area contributed by atoms with Crippen LogP contribution in [0.4, 0.5) is 0 Å². The molecule has 0 amide bonds. The molecule has 9 heteroatoms. The summed E-state index contributed by atoms with van der Waals surface area (Å²) < 4.78 is 20.2. The van der Waals surface area contributed by atoms with E-state index in [1.807, 2.05) is 0 Å². The lowest BCUT2D eigenvalue weighted by Crippen LogP contribution is -2.68. The molecule has 0 aromatic rings. The third-order valence-electron chi connectivity index (χ3n) is 16.7. The SMILES string of the molecule is C=C(C)[C@@H]1CC[C@]2(NCCN3CCS(O)(O)CC3)CC[C@]3(C)[C@H](CC[C@@H]4[C@@]5(C)CC=C(CCCC(C(=O)O)C(=O)O)C(C)(C)[C@@H]5CC[C@]43C)[C@@H]12. The van der Waals surface area contributed by atoms with Crippen molar-refractivity contribution >= 4 is 22.5 Å². The van der Waals surface area contributed by atoms with Crippen molar-refractivity contribution < 1.29 is 28.9 Å². The summed E-state index contributed by atoms with van der Waals surface area (Å²) in [6, 6.07) is 0. The van der Waals surface area contributed by atoms with Gasteiger partial charge in [0.05, 0.1) is 11.5 Å². The third kappa shape index (κ3) is 6.24. The Bertz CT molecular complexity index is 1360. The molecule has 0 aromatic carbocycles. The van der Waals surface area contributed by atoms with Gasteiger partial charge in [-0.1, -0.05) is 58.4 Å². The first-order chi connectivity index (χ1) is 23.3. The van der Waals surface area contributed by atoms with E-state index in [1.165, 1.54) is 62.5 Å². The Balaban J connectivity index is 1.20. The zero-order chi connectivity index (χ0) is 36.5. The topological polar surface area (TPSA) is 130 Å². The normalized spacial score (nSPS) is 42.7. The van der Waals surface area contributed by atoms with Crippen molar-refractivity contribution in [2.45, 2.75) is 124 Å². The molecule has 8 nitrogen and oxygen atoms in total. The second-order valence-corrected chi connectivity index (χ2v) is 21.5. The minimum absolute atomic E-state index is 0.00167. The first kappa shape index (κ1) is 38.3. The number of nitrogens with zero attached hydrogens (tertiary/aromatic N) is 1. The fourth-order valence-electron chi connectivity index (χ4n) is 13.8. The van der Waals surface area contributed by atoms with Crippen molar-refractivity contribution in [3.63, 3.8) is 0 Å². The highest BCUT2D eigenvalue weighted by molar-refractivity contribution is 8.24. The zero-order valence-electron chi connectivity index (χ0n) is 31.9. The molecule has 5 N–H and O–H groups in total. The lowest BCUT2D eigenvalue weighted by molar-refractivity contribution is -0.221. The maximum atomic E-state index is 11.5. The fourth-order valence-corrected chi connectivity index (χ4v) is 15.1. The first-order valence-corrected chi connectivity index (χ1v) is 21.7. The third-order valence-corrected chi connectivity index (χ3v) is 18.4. The van der Waals surface area contributed by atoms with Gasteiger partial charge in [-0.3, -0.25) is 23.6 Å². The molecule has 4 saturated carbocycles. The monoisotopic (exact) mass is 716 g/mol. The van der Waals surface area contributed by atoms with Crippen molar-refractivity contribution in [1.29, 1.82) is 0 Å². The van der Waals surface area contributed by atoms with Crippen LogP contribution in [0.25, 0.3) is 0 Å². The zero-order valence-corrected chi connectivity index (χ0v) is 32.8. The number of aliphatic carboxylic acids is 2. The summed E-state index contributed by atoms with van der Waals surface area (Å²) in [7, 11) is -2.37. The molecule has 0 radical (unpaired) electrons. The molecule has 1 heterocycles. The standard InChI is InChI=1S/C41H68N2O6S/c1-27(2)29-14-18-41(42-21-22-43-23-25-50(48,49)26-24-43)20-19-39(6)31(34(29)41)11-12-33-38(5)16-13-28(9-8-10-30(35(44)45)36(46)47)37(3,4)32(38)15-17-40(33,39)7/h13,29-34,42,48-49H,1,8-12,14-26H2,2-7H3,(H,44,45)(H,46,47)/t29-,31+,32-,33+,34+,38-,39+,40+,41-/m0/s1. The maximum absolute atomic E-state index is 11.5. The summed E-state index contributed by atoms with van der Waals surface area (Å²) in [5, 5.41) is 23.0. The summed E-state index contributed by atoms with van der Waals surface area (Å²) >= 11 is 0. The Morgan fingerprint density at radius 1 is 0.940 bits per heavy atom. The quantitative estimate of drug-likeness (QED) is 0.106. The number of carboxylic acids is 2. The predicted octanol–water partition coefficient (Wildman–Crippen LogP) is 8.54. The molecule has 0 unspecified atom stereocenters. The number of carboxylic acid groups (broad SMARTS) is 2. The number of fused-ring (bicyclic) bond motifs is 7. The van der Waals surface area contributed by atoms with E-state index in [9.17, 15) is 28.9 Å². The van der Waals surface area contributed by atoms with Crippen LogP contribution in [0.2, 0.25) is 0 Å². The van der Waals surface area contributed by atoms with E-state index in [2.05, 4.69) is 64.4 Å². The Labute approximate surface area is 303 Å². The largest absolute Gasteiger partial charge is 0.481 e. The van der Waals surface area contributed by atoms with Gasteiger partial charge in [-0.25, -0.2) is 0 Å². The minimum Gasteiger partial charge on any atom is -0.481 e. The van der Waals surface area contributed by atoms with Crippen LogP contribution in [-0.2, 0) is 9.59 Å². The van der Waals surface area contributed by atoms with Gasteiger partial charge in [-0.2, -0.15) is 10.6 Å². The van der Waals surface area contributed by atoms with E-state index in [-0.39, 0.29) is 33.6 Å². The molecule has 0 aromatic heterocycles. The highest BCUT2D eigenvalue weighted by atomic mass is 32.3. The van der Waals surface area contributed by atoms with Gasteiger partial charge >= 0.3 is 11.9 Å². The molecule has 6 aliphatic rings. The molecule has 284 valence electrons. The van der Waals surface area contributed by atoms with Crippen molar-refractivity contribution in [2.75, 3.05) is 37.7 Å². The number of allylic oxidation sites excluding steroid dienone is 3. The molecule has 9 atom stereocenters. The van der Waals surface area contributed by atoms with E-state index in [0.717, 1.165) is 39.0 Å². The van der Waals surface area contributed by atoms with Gasteiger partial charge in [0.15, 0.2) is 5.92 Å². The van der Waals surface area contributed by atoms with E-state index in [1.54, 1.807) is 0 Å². The Morgan fingerprint density at radius 3 is 2.26 bits per heavy atom. The minimum atomic E-state index is -2.37.